The molecule has 0 aliphatic heterocycles. The second kappa shape index (κ2) is 10.8. The van der Waals surface area contributed by atoms with Crippen molar-refractivity contribution in [2.24, 2.45) is 0 Å². The van der Waals surface area contributed by atoms with Gasteiger partial charge >= 0.3 is 6.18 Å². The number of fused-ring (bicyclic) bond motifs is 1. The van der Waals surface area contributed by atoms with Crippen LogP contribution in [-0.4, -0.2) is 31.7 Å². The number of nitrogens with zero attached hydrogens (tertiary/aromatic N) is 3. The standard InChI is InChI=1S/C28H27F3N4O2S/c1-2-34(37)38-23-12-5-19(6-13-23)17-32-27(36)20-7-14-25-24(16-20)33-26(35(25)22-10-11-22)15-18-3-8-21(9-4-18)28(29,30)31/h3-9,12-14,16,22,37H,2,10-11,15,17H2,1H3,(H,32,36). The lowest BCUT2D eigenvalue weighted by molar-refractivity contribution is -0.137. The van der Waals surface area contributed by atoms with E-state index in [1.807, 2.05) is 37.3 Å². The number of halogens is 3. The predicted octanol–water partition coefficient (Wildman–Crippen LogP) is 6.63. The lowest BCUT2D eigenvalue weighted by atomic mass is 10.1. The molecule has 0 saturated heterocycles. The van der Waals surface area contributed by atoms with Crippen molar-refractivity contribution in [2.45, 2.75) is 49.8 Å². The summed E-state index contributed by atoms with van der Waals surface area (Å²) in [5.41, 5.74) is 3.11. The lowest BCUT2D eigenvalue weighted by Gasteiger charge is -2.11. The van der Waals surface area contributed by atoms with Crippen LogP contribution in [0.25, 0.3) is 11.0 Å². The van der Waals surface area contributed by atoms with Crippen molar-refractivity contribution in [1.82, 2.24) is 19.3 Å². The highest BCUT2D eigenvalue weighted by Gasteiger charge is 2.31. The molecule has 4 aromatic rings. The van der Waals surface area contributed by atoms with Gasteiger partial charge in [-0.05, 0) is 85.3 Å². The summed E-state index contributed by atoms with van der Waals surface area (Å²) in [6.45, 7) is 2.71. The molecule has 0 atom stereocenters. The molecule has 0 radical (unpaired) electrons. The van der Waals surface area contributed by atoms with Crippen LogP contribution in [0.2, 0.25) is 0 Å². The summed E-state index contributed by atoms with van der Waals surface area (Å²) in [5, 5.41) is 12.5. The lowest BCUT2D eigenvalue weighted by Crippen LogP contribution is -2.22. The van der Waals surface area contributed by atoms with Crippen molar-refractivity contribution >= 4 is 28.9 Å². The van der Waals surface area contributed by atoms with Gasteiger partial charge in [0.05, 0.1) is 16.6 Å². The normalized spacial score (nSPS) is 13.8. The third kappa shape index (κ3) is 6.03. The Labute approximate surface area is 222 Å². The van der Waals surface area contributed by atoms with Crippen LogP contribution in [0.3, 0.4) is 0 Å². The number of nitrogens with one attached hydrogen (secondary N) is 1. The first-order valence-corrected chi connectivity index (χ1v) is 13.2. The van der Waals surface area contributed by atoms with Crippen molar-refractivity contribution in [3.8, 4) is 0 Å². The number of benzene rings is 3. The van der Waals surface area contributed by atoms with Crippen molar-refractivity contribution in [2.75, 3.05) is 6.54 Å². The minimum Gasteiger partial charge on any atom is -0.348 e. The molecule has 1 fully saturated rings. The number of imidazole rings is 1. The van der Waals surface area contributed by atoms with E-state index in [-0.39, 0.29) is 5.91 Å². The van der Waals surface area contributed by atoms with E-state index < -0.39 is 11.7 Å². The van der Waals surface area contributed by atoms with E-state index in [0.717, 1.165) is 56.8 Å². The number of hydrogen-bond donors (Lipinski definition) is 2. The van der Waals surface area contributed by atoms with Gasteiger partial charge in [-0.15, -0.1) is 4.47 Å². The number of aromatic nitrogens is 2. The molecule has 0 spiro atoms. The van der Waals surface area contributed by atoms with Gasteiger partial charge in [0.25, 0.3) is 5.91 Å². The predicted molar refractivity (Wildman–Crippen MR) is 140 cm³/mol. The van der Waals surface area contributed by atoms with E-state index in [1.54, 1.807) is 12.1 Å². The van der Waals surface area contributed by atoms with Crippen LogP contribution in [-0.2, 0) is 19.1 Å². The molecule has 1 aliphatic rings. The highest BCUT2D eigenvalue weighted by molar-refractivity contribution is 7.96. The van der Waals surface area contributed by atoms with Crippen LogP contribution in [0.5, 0.6) is 0 Å². The molecule has 5 rings (SSSR count). The molecule has 1 aliphatic carbocycles. The smallest absolute Gasteiger partial charge is 0.348 e. The molecular weight excluding hydrogens is 513 g/mol. The second-order valence-corrected chi connectivity index (χ2v) is 10.4. The minimum atomic E-state index is -4.37. The van der Waals surface area contributed by atoms with Crippen LogP contribution in [0, 0.1) is 0 Å². The monoisotopic (exact) mass is 540 g/mol. The Kier molecular flexibility index (Phi) is 7.47. The number of rotatable bonds is 9. The van der Waals surface area contributed by atoms with Gasteiger partial charge in [0.1, 0.15) is 5.82 Å². The van der Waals surface area contributed by atoms with Crippen LogP contribution in [0.15, 0.2) is 71.6 Å². The Morgan fingerprint density at radius 2 is 1.76 bits per heavy atom. The molecule has 1 amide bonds. The fourth-order valence-electron chi connectivity index (χ4n) is 4.29. The SMILES string of the molecule is CCN(O)Sc1ccc(CNC(=O)c2ccc3c(c2)nc(Cc2ccc(C(F)(F)F)cc2)n3C2CC2)cc1. The Hall–Kier alpha value is -3.34. The van der Waals surface area contributed by atoms with Crippen molar-refractivity contribution < 1.29 is 23.2 Å². The van der Waals surface area contributed by atoms with Crippen molar-refractivity contribution in [3.05, 3.63) is 94.8 Å². The Bertz CT molecular complexity index is 1430. The maximum atomic E-state index is 12.9. The van der Waals surface area contributed by atoms with Gasteiger partial charge < -0.3 is 15.1 Å². The fraction of sp³-hybridized carbons (Fsp3) is 0.286. The first-order chi connectivity index (χ1) is 18.2. The van der Waals surface area contributed by atoms with Gasteiger partial charge in [-0.25, -0.2) is 4.98 Å². The summed E-state index contributed by atoms with van der Waals surface area (Å²) in [6, 6.07) is 18.5. The molecule has 0 bridgehead atoms. The molecule has 1 heterocycles. The van der Waals surface area contributed by atoms with Crippen molar-refractivity contribution in [3.63, 3.8) is 0 Å². The quantitative estimate of drug-likeness (QED) is 0.184. The van der Waals surface area contributed by atoms with E-state index >= 15 is 0 Å². The zero-order valence-electron chi connectivity index (χ0n) is 20.7. The summed E-state index contributed by atoms with van der Waals surface area (Å²) in [4.78, 5) is 18.5. The third-order valence-corrected chi connectivity index (χ3v) is 7.39. The minimum absolute atomic E-state index is 0.219. The molecule has 3 aromatic carbocycles. The van der Waals surface area contributed by atoms with E-state index in [2.05, 4.69) is 9.88 Å². The van der Waals surface area contributed by atoms with Gasteiger partial charge in [-0.2, -0.15) is 13.2 Å². The Morgan fingerprint density at radius 3 is 2.39 bits per heavy atom. The largest absolute Gasteiger partial charge is 0.416 e. The number of hydrogen-bond acceptors (Lipinski definition) is 5. The molecule has 0 unspecified atom stereocenters. The third-order valence-electron chi connectivity index (χ3n) is 6.44. The summed E-state index contributed by atoms with van der Waals surface area (Å²) in [6.07, 6.45) is -1.90. The Morgan fingerprint density at radius 1 is 1.08 bits per heavy atom. The van der Waals surface area contributed by atoms with E-state index in [9.17, 15) is 23.2 Å². The number of alkyl halides is 3. The van der Waals surface area contributed by atoms with Crippen LogP contribution in [0.4, 0.5) is 13.2 Å². The summed E-state index contributed by atoms with van der Waals surface area (Å²) < 4.78 is 42.1. The molecule has 1 saturated carbocycles. The summed E-state index contributed by atoms with van der Waals surface area (Å²) in [7, 11) is 0. The average molecular weight is 541 g/mol. The van der Waals surface area contributed by atoms with Gasteiger partial charge in [0, 0.05) is 36.0 Å². The van der Waals surface area contributed by atoms with Gasteiger partial charge in [-0.1, -0.05) is 24.3 Å². The zero-order chi connectivity index (χ0) is 26.9. The van der Waals surface area contributed by atoms with Crippen LogP contribution < -0.4 is 5.32 Å². The van der Waals surface area contributed by atoms with E-state index in [4.69, 9.17) is 4.98 Å². The highest BCUT2D eigenvalue weighted by Crippen LogP contribution is 2.39. The highest BCUT2D eigenvalue weighted by atomic mass is 32.2. The topological polar surface area (TPSA) is 70.4 Å². The zero-order valence-corrected chi connectivity index (χ0v) is 21.5. The summed E-state index contributed by atoms with van der Waals surface area (Å²) >= 11 is 1.23. The first kappa shape index (κ1) is 26.3. The maximum Gasteiger partial charge on any atom is 0.416 e. The van der Waals surface area contributed by atoms with Crippen LogP contribution in [0.1, 0.15) is 58.7 Å². The van der Waals surface area contributed by atoms with Gasteiger partial charge in [0.2, 0.25) is 0 Å². The maximum absolute atomic E-state index is 12.9. The molecule has 10 heteroatoms. The number of hydroxylamine groups is 1. The van der Waals surface area contributed by atoms with E-state index in [1.165, 1.54) is 24.1 Å². The number of amides is 1. The number of carbonyl (C=O) groups excluding carboxylic acids is 1. The Balaban J connectivity index is 1.30. The fourth-order valence-corrected chi connectivity index (χ4v) is 4.92. The second-order valence-electron chi connectivity index (χ2n) is 9.29. The summed E-state index contributed by atoms with van der Waals surface area (Å²) in [5.74, 6) is 0.561. The van der Waals surface area contributed by atoms with E-state index in [0.29, 0.717) is 36.6 Å². The molecule has 1 aromatic heterocycles. The molecule has 198 valence electrons. The first-order valence-electron chi connectivity index (χ1n) is 12.4. The average Bonchev–Trinajstić information content (AvgIpc) is 3.68. The van der Waals surface area contributed by atoms with Gasteiger partial charge in [0.15, 0.2) is 0 Å². The molecule has 6 nitrogen and oxygen atoms in total. The van der Waals surface area contributed by atoms with Crippen LogP contribution >= 0.6 is 11.9 Å². The van der Waals surface area contributed by atoms with Gasteiger partial charge in [-0.3, -0.25) is 4.79 Å². The number of carbonyl (C=O) groups is 1. The van der Waals surface area contributed by atoms with Crippen molar-refractivity contribution in [1.29, 1.82) is 0 Å². The molecular formula is C28H27F3N4O2S. The molecule has 2 N–H and O–H groups in total. The molecule has 38 heavy (non-hydrogen) atoms.